The summed E-state index contributed by atoms with van der Waals surface area (Å²) in [5, 5.41) is 3.57. The highest BCUT2D eigenvalue weighted by molar-refractivity contribution is 14.0. The topological polar surface area (TPSA) is 49.3 Å². The molecule has 160 valence electrons. The first-order valence-electron chi connectivity index (χ1n) is 9.93. The van der Waals surface area contributed by atoms with Gasteiger partial charge in [-0.15, -0.1) is 24.0 Å². The van der Waals surface area contributed by atoms with Crippen molar-refractivity contribution in [2.75, 3.05) is 61.1 Å². The number of nitrogens with one attached hydrogen (secondary N) is 1. The van der Waals surface area contributed by atoms with Gasteiger partial charge in [-0.3, -0.25) is 4.99 Å². The summed E-state index contributed by atoms with van der Waals surface area (Å²) in [7, 11) is 7.83. The lowest BCUT2D eigenvalue weighted by atomic mass is 10.1. The molecule has 28 heavy (non-hydrogen) atoms. The van der Waals surface area contributed by atoms with E-state index in [1.54, 1.807) is 7.11 Å². The Kier molecular flexibility index (Phi) is 12.7. The number of hydrogen-bond donors (Lipinski definition) is 1. The molecule has 6 nitrogen and oxygen atoms in total. The molecular weight excluding hydrogens is 467 g/mol. The molecule has 0 bridgehead atoms. The van der Waals surface area contributed by atoms with Crippen LogP contribution in [0, 0.1) is 0 Å². The van der Waals surface area contributed by atoms with E-state index in [-0.39, 0.29) is 24.0 Å². The molecule has 1 unspecified atom stereocenters. The summed E-state index contributed by atoms with van der Waals surface area (Å²) < 4.78 is 11.0. The molecule has 0 amide bonds. The van der Waals surface area contributed by atoms with Gasteiger partial charge < -0.3 is 24.6 Å². The number of halogens is 1. The lowest BCUT2D eigenvalue weighted by Gasteiger charge is -2.35. The molecule has 1 aromatic rings. The van der Waals surface area contributed by atoms with Gasteiger partial charge in [0.1, 0.15) is 0 Å². The normalized spacial score (nSPS) is 16.8. The number of rotatable bonds is 9. The monoisotopic (exact) mass is 504 g/mol. The smallest absolute Gasteiger partial charge is 0.193 e. The van der Waals surface area contributed by atoms with Crippen molar-refractivity contribution in [3.63, 3.8) is 0 Å². The van der Waals surface area contributed by atoms with E-state index in [0.717, 1.165) is 58.1 Å². The molecule has 1 saturated heterocycles. The summed E-state index contributed by atoms with van der Waals surface area (Å²) in [5.74, 6) is 0.982. The van der Waals surface area contributed by atoms with Crippen molar-refractivity contribution < 1.29 is 9.47 Å². The summed E-state index contributed by atoms with van der Waals surface area (Å²) in [6.45, 7) is 4.34. The Labute approximate surface area is 187 Å². The summed E-state index contributed by atoms with van der Waals surface area (Å²) in [5.41, 5.74) is 1.31. The number of guanidine groups is 1. The largest absolute Gasteiger partial charge is 0.385 e. The average Bonchev–Trinajstić information content (AvgIpc) is 2.70. The highest BCUT2D eigenvalue weighted by atomic mass is 127. The Morgan fingerprint density at radius 3 is 2.46 bits per heavy atom. The molecule has 0 saturated carbocycles. The van der Waals surface area contributed by atoms with E-state index in [9.17, 15) is 0 Å². The second kappa shape index (κ2) is 14.1. The quantitative estimate of drug-likeness (QED) is 0.243. The zero-order valence-corrected chi connectivity index (χ0v) is 20.1. The molecule has 1 atom stereocenters. The van der Waals surface area contributed by atoms with E-state index in [0.29, 0.717) is 12.1 Å². The van der Waals surface area contributed by atoms with Crippen LogP contribution >= 0.6 is 24.0 Å². The van der Waals surface area contributed by atoms with E-state index < -0.39 is 0 Å². The average molecular weight is 504 g/mol. The number of likely N-dealkylation sites (N-methyl/N-ethyl adjacent to an activating group) is 1. The zero-order valence-electron chi connectivity index (χ0n) is 17.8. The first-order valence-corrected chi connectivity index (χ1v) is 9.93. The molecule has 0 aliphatic carbocycles. The standard InChI is InChI=1S/C21H36N4O2.HI/c1-22-21(23-17-20(24(2)3)18-9-6-5-7-10-18)25-13-11-19(12-14-25)27-16-8-15-26-4;/h5-7,9-10,19-20H,8,11-17H2,1-4H3,(H,22,23);1H. The minimum Gasteiger partial charge on any atom is -0.385 e. The van der Waals surface area contributed by atoms with Gasteiger partial charge in [-0.05, 0) is 38.9 Å². The van der Waals surface area contributed by atoms with Crippen LogP contribution in [0.3, 0.4) is 0 Å². The number of likely N-dealkylation sites (tertiary alicyclic amines) is 1. The minimum absolute atomic E-state index is 0. The summed E-state index contributed by atoms with van der Waals surface area (Å²) >= 11 is 0. The van der Waals surface area contributed by atoms with E-state index in [2.05, 4.69) is 64.5 Å². The molecule has 1 N–H and O–H groups in total. The van der Waals surface area contributed by atoms with Crippen molar-refractivity contribution in [3.05, 3.63) is 35.9 Å². The number of methoxy groups -OCH3 is 1. The van der Waals surface area contributed by atoms with Gasteiger partial charge >= 0.3 is 0 Å². The SMILES string of the molecule is CN=C(NCC(c1ccccc1)N(C)C)N1CCC(OCCCOC)CC1.I. The van der Waals surface area contributed by atoms with Crippen molar-refractivity contribution in [2.24, 2.45) is 4.99 Å². The third-order valence-corrected chi connectivity index (χ3v) is 5.06. The fourth-order valence-corrected chi connectivity index (χ4v) is 3.48. The van der Waals surface area contributed by atoms with E-state index >= 15 is 0 Å². The van der Waals surface area contributed by atoms with Crippen molar-refractivity contribution in [1.82, 2.24) is 15.1 Å². The zero-order chi connectivity index (χ0) is 19.5. The summed E-state index contributed by atoms with van der Waals surface area (Å²) in [4.78, 5) is 9.09. The Morgan fingerprint density at radius 1 is 1.21 bits per heavy atom. The summed E-state index contributed by atoms with van der Waals surface area (Å²) in [6, 6.07) is 10.9. The van der Waals surface area contributed by atoms with Gasteiger partial charge in [0, 0.05) is 47.0 Å². The fourth-order valence-electron chi connectivity index (χ4n) is 3.48. The third-order valence-electron chi connectivity index (χ3n) is 5.06. The summed E-state index contributed by atoms with van der Waals surface area (Å²) in [6.07, 6.45) is 3.41. The maximum atomic E-state index is 5.96. The third kappa shape index (κ3) is 8.23. The van der Waals surface area contributed by atoms with Crippen LogP contribution in [-0.4, -0.2) is 83.0 Å². The van der Waals surface area contributed by atoms with E-state index in [4.69, 9.17) is 9.47 Å². The highest BCUT2D eigenvalue weighted by Gasteiger charge is 2.23. The molecule has 7 heteroatoms. The van der Waals surface area contributed by atoms with Crippen molar-refractivity contribution in [1.29, 1.82) is 0 Å². The highest BCUT2D eigenvalue weighted by Crippen LogP contribution is 2.18. The van der Waals surface area contributed by atoms with Gasteiger partial charge in [0.15, 0.2) is 5.96 Å². The molecule has 0 radical (unpaired) electrons. The first kappa shape index (κ1) is 25.1. The van der Waals surface area contributed by atoms with Gasteiger partial charge in [0.05, 0.1) is 12.1 Å². The van der Waals surface area contributed by atoms with Gasteiger partial charge in [-0.2, -0.15) is 0 Å². The number of nitrogens with zero attached hydrogens (tertiary/aromatic N) is 3. The predicted molar refractivity (Wildman–Crippen MR) is 127 cm³/mol. The Bertz CT molecular complexity index is 549. The molecule has 1 aromatic carbocycles. The molecular formula is C21H37IN4O2. The molecule has 1 aliphatic rings. The van der Waals surface area contributed by atoms with Crippen LogP contribution in [0.5, 0.6) is 0 Å². The maximum Gasteiger partial charge on any atom is 0.193 e. The van der Waals surface area contributed by atoms with Crippen molar-refractivity contribution in [3.8, 4) is 0 Å². The lowest BCUT2D eigenvalue weighted by molar-refractivity contribution is 0.00987. The Balaban J connectivity index is 0.00000392. The maximum absolute atomic E-state index is 5.96. The van der Waals surface area contributed by atoms with Crippen molar-refractivity contribution in [2.45, 2.75) is 31.4 Å². The van der Waals surface area contributed by atoms with E-state index in [1.807, 2.05) is 7.05 Å². The van der Waals surface area contributed by atoms with Crippen LogP contribution in [-0.2, 0) is 9.47 Å². The van der Waals surface area contributed by atoms with Crippen LogP contribution in [0.1, 0.15) is 30.9 Å². The van der Waals surface area contributed by atoms with Gasteiger partial charge in [-0.1, -0.05) is 30.3 Å². The second-order valence-corrected chi connectivity index (χ2v) is 7.22. The van der Waals surface area contributed by atoms with Gasteiger partial charge in [0.25, 0.3) is 0 Å². The van der Waals surface area contributed by atoms with Crippen LogP contribution < -0.4 is 5.32 Å². The Hall–Kier alpha value is -0.900. The van der Waals surface area contributed by atoms with Crippen LogP contribution in [0.15, 0.2) is 35.3 Å². The van der Waals surface area contributed by atoms with Crippen LogP contribution in [0.4, 0.5) is 0 Å². The number of aliphatic imine (C=N–C) groups is 1. The second-order valence-electron chi connectivity index (χ2n) is 7.22. The van der Waals surface area contributed by atoms with Crippen molar-refractivity contribution >= 4 is 29.9 Å². The van der Waals surface area contributed by atoms with E-state index in [1.165, 1.54) is 5.56 Å². The number of ether oxygens (including phenoxy) is 2. The number of piperidine rings is 1. The molecule has 0 spiro atoms. The molecule has 1 fully saturated rings. The van der Waals surface area contributed by atoms with Gasteiger partial charge in [0.2, 0.25) is 0 Å². The molecule has 2 rings (SSSR count). The fraction of sp³-hybridized carbons (Fsp3) is 0.667. The number of benzene rings is 1. The van der Waals surface area contributed by atoms with Crippen LogP contribution in [0.25, 0.3) is 0 Å². The lowest BCUT2D eigenvalue weighted by Crippen LogP contribution is -2.48. The molecule has 0 aromatic heterocycles. The van der Waals surface area contributed by atoms with Crippen LogP contribution in [0.2, 0.25) is 0 Å². The van der Waals surface area contributed by atoms with Gasteiger partial charge in [-0.25, -0.2) is 0 Å². The first-order chi connectivity index (χ1) is 13.2. The predicted octanol–water partition coefficient (Wildman–Crippen LogP) is 3.00. The Morgan fingerprint density at radius 2 is 1.89 bits per heavy atom. The molecule has 1 heterocycles. The molecule has 1 aliphatic heterocycles. The minimum atomic E-state index is 0. The number of hydrogen-bond acceptors (Lipinski definition) is 4.